The molecule has 1 heterocycles. The molecule has 1 aromatic heterocycles. The van der Waals surface area contributed by atoms with Gasteiger partial charge in [-0.25, -0.2) is 4.98 Å². The lowest BCUT2D eigenvalue weighted by Crippen LogP contribution is -2.13. The smallest absolute Gasteiger partial charge is 0.255 e. The molecule has 0 fully saturated rings. The fourth-order valence-corrected chi connectivity index (χ4v) is 2.47. The van der Waals surface area contributed by atoms with E-state index in [2.05, 4.69) is 32.9 Å². The lowest BCUT2D eigenvalue weighted by Gasteiger charge is -2.10. The maximum Gasteiger partial charge on any atom is 0.255 e. The number of halogens is 3. The van der Waals surface area contributed by atoms with Crippen molar-refractivity contribution in [3.63, 3.8) is 0 Å². The lowest BCUT2D eigenvalue weighted by atomic mass is 10.2. The number of rotatable bonds is 2. The fourth-order valence-electron chi connectivity index (χ4n) is 1.53. The molecule has 2 aromatic rings. The van der Waals surface area contributed by atoms with Crippen LogP contribution in [0.3, 0.4) is 0 Å². The highest BCUT2D eigenvalue weighted by molar-refractivity contribution is 14.1. The standard InChI is InChI=1S/C13H9Cl2IN2O/c1-7-6-10(14)17-12(15)11(7)18-13(19)8-2-4-9(16)5-3-8/h2-6H,1H3,(H,18,19). The van der Waals surface area contributed by atoms with Crippen molar-refractivity contribution < 1.29 is 4.79 Å². The van der Waals surface area contributed by atoms with Crippen LogP contribution in [0, 0.1) is 10.5 Å². The Labute approximate surface area is 134 Å². The molecular weight excluding hydrogens is 398 g/mol. The molecule has 19 heavy (non-hydrogen) atoms. The number of aromatic nitrogens is 1. The van der Waals surface area contributed by atoms with E-state index in [1.165, 1.54) is 0 Å². The van der Waals surface area contributed by atoms with Crippen molar-refractivity contribution in [3.05, 3.63) is 55.3 Å². The summed E-state index contributed by atoms with van der Waals surface area (Å²) in [6, 6.07) is 8.89. The number of benzene rings is 1. The second-order valence-electron chi connectivity index (χ2n) is 3.89. The maximum absolute atomic E-state index is 12.1. The van der Waals surface area contributed by atoms with E-state index >= 15 is 0 Å². The van der Waals surface area contributed by atoms with Gasteiger partial charge in [0.15, 0.2) is 5.15 Å². The Kier molecular flexibility index (Phi) is 4.65. The monoisotopic (exact) mass is 406 g/mol. The molecule has 0 aliphatic heterocycles. The summed E-state index contributed by atoms with van der Waals surface area (Å²) in [7, 11) is 0. The molecule has 1 aromatic carbocycles. The molecule has 0 atom stereocenters. The molecule has 0 unspecified atom stereocenters. The summed E-state index contributed by atoms with van der Waals surface area (Å²) in [5.41, 5.74) is 1.81. The highest BCUT2D eigenvalue weighted by Crippen LogP contribution is 2.26. The van der Waals surface area contributed by atoms with Crippen molar-refractivity contribution in [2.24, 2.45) is 0 Å². The van der Waals surface area contributed by atoms with Crippen molar-refractivity contribution >= 4 is 57.4 Å². The van der Waals surface area contributed by atoms with Gasteiger partial charge in [-0.05, 0) is 65.4 Å². The van der Waals surface area contributed by atoms with Crippen LogP contribution in [0.2, 0.25) is 10.3 Å². The molecule has 0 saturated heterocycles. The zero-order valence-electron chi connectivity index (χ0n) is 9.88. The Morgan fingerprint density at radius 2 is 1.89 bits per heavy atom. The summed E-state index contributed by atoms with van der Waals surface area (Å²) in [6.07, 6.45) is 0. The van der Waals surface area contributed by atoms with E-state index in [1.807, 2.05) is 19.1 Å². The van der Waals surface area contributed by atoms with Gasteiger partial charge in [0, 0.05) is 9.13 Å². The Morgan fingerprint density at radius 3 is 2.47 bits per heavy atom. The van der Waals surface area contributed by atoms with Gasteiger partial charge in [0.2, 0.25) is 0 Å². The number of hydrogen-bond acceptors (Lipinski definition) is 2. The molecular formula is C13H9Cl2IN2O. The largest absolute Gasteiger partial charge is 0.319 e. The minimum absolute atomic E-state index is 0.184. The first kappa shape index (κ1) is 14.6. The quantitative estimate of drug-likeness (QED) is 0.587. The SMILES string of the molecule is Cc1cc(Cl)nc(Cl)c1NC(=O)c1ccc(I)cc1. The van der Waals surface area contributed by atoms with Crippen LogP contribution in [-0.4, -0.2) is 10.9 Å². The normalized spacial score (nSPS) is 10.3. The molecule has 0 radical (unpaired) electrons. The van der Waals surface area contributed by atoms with Gasteiger partial charge in [-0.1, -0.05) is 23.2 Å². The number of nitrogens with zero attached hydrogens (tertiary/aromatic N) is 1. The third-order valence-electron chi connectivity index (χ3n) is 2.49. The Balaban J connectivity index is 2.26. The summed E-state index contributed by atoms with van der Waals surface area (Å²) in [4.78, 5) is 16.0. The molecule has 1 amide bonds. The minimum atomic E-state index is -0.231. The second kappa shape index (κ2) is 6.07. The molecule has 2 rings (SSSR count). The second-order valence-corrected chi connectivity index (χ2v) is 5.88. The van der Waals surface area contributed by atoms with Gasteiger partial charge in [0.1, 0.15) is 5.15 Å². The molecule has 0 spiro atoms. The number of anilines is 1. The predicted octanol–water partition coefficient (Wildman–Crippen LogP) is 4.55. The van der Waals surface area contributed by atoms with Gasteiger partial charge in [-0.2, -0.15) is 0 Å². The van der Waals surface area contributed by atoms with Crippen molar-refractivity contribution in [2.75, 3.05) is 5.32 Å². The van der Waals surface area contributed by atoms with Gasteiger partial charge in [0.05, 0.1) is 5.69 Å². The van der Waals surface area contributed by atoms with Gasteiger partial charge in [0.25, 0.3) is 5.91 Å². The van der Waals surface area contributed by atoms with E-state index in [9.17, 15) is 4.79 Å². The molecule has 0 bridgehead atoms. The number of hydrogen-bond donors (Lipinski definition) is 1. The number of carbonyl (C=O) groups is 1. The van der Waals surface area contributed by atoms with Gasteiger partial charge in [-0.15, -0.1) is 0 Å². The van der Waals surface area contributed by atoms with E-state index in [-0.39, 0.29) is 11.1 Å². The van der Waals surface area contributed by atoms with Crippen LogP contribution in [0.5, 0.6) is 0 Å². The minimum Gasteiger partial charge on any atom is -0.319 e. The summed E-state index contributed by atoms with van der Waals surface area (Å²) < 4.78 is 1.07. The highest BCUT2D eigenvalue weighted by atomic mass is 127. The van der Waals surface area contributed by atoms with Gasteiger partial charge < -0.3 is 5.32 Å². The maximum atomic E-state index is 12.1. The van der Waals surface area contributed by atoms with Crippen molar-refractivity contribution in [1.82, 2.24) is 4.98 Å². The van der Waals surface area contributed by atoms with Crippen LogP contribution in [0.15, 0.2) is 30.3 Å². The van der Waals surface area contributed by atoms with E-state index in [1.54, 1.807) is 18.2 Å². The first-order chi connectivity index (χ1) is 8.97. The molecule has 3 nitrogen and oxygen atoms in total. The summed E-state index contributed by atoms with van der Waals surface area (Å²) in [5, 5.41) is 3.23. The van der Waals surface area contributed by atoms with Crippen LogP contribution in [0.1, 0.15) is 15.9 Å². The molecule has 1 N–H and O–H groups in total. The van der Waals surface area contributed by atoms with Gasteiger partial charge >= 0.3 is 0 Å². The van der Waals surface area contributed by atoms with E-state index in [4.69, 9.17) is 23.2 Å². The van der Waals surface area contributed by atoms with E-state index < -0.39 is 0 Å². The first-order valence-electron chi connectivity index (χ1n) is 5.37. The third kappa shape index (κ3) is 3.58. The lowest BCUT2D eigenvalue weighted by molar-refractivity contribution is 0.102. The average Bonchev–Trinajstić information content (AvgIpc) is 2.34. The van der Waals surface area contributed by atoms with E-state index in [0.717, 1.165) is 9.13 Å². The number of aryl methyl sites for hydroxylation is 1. The third-order valence-corrected chi connectivity index (χ3v) is 3.67. The summed E-state index contributed by atoms with van der Waals surface area (Å²) >= 11 is 13.9. The number of amides is 1. The Morgan fingerprint density at radius 1 is 1.26 bits per heavy atom. The number of carbonyl (C=O) groups excluding carboxylic acids is 1. The summed E-state index contributed by atoms with van der Waals surface area (Å²) in [6.45, 7) is 1.81. The highest BCUT2D eigenvalue weighted by Gasteiger charge is 2.12. The topological polar surface area (TPSA) is 42.0 Å². The van der Waals surface area contributed by atoms with Crippen molar-refractivity contribution in [3.8, 4) is 0 Å². The molecule has 0 aliphatic rings. The van der Waals surface area contributed by atoms with Crippen LogP contribution < -0.4 is 5.32 Å². The van der Waals surface area contributed by atoms with Crippen LogP contribution in [-0.2, 0) is 0 Å². The zero-order chi connectivity index (χ0) is 14.0. The van der Waals surface area contributed by atoms with Crippen LogP contribution in [0.25, 0.3) is 0 Å². The van der Waals surface area contributed by atoms with Crippen molar-refractivity contribution in [1.29, 1.82) is 0 Å². The fraction of sp³-hybridized carbons (Fsp3) is 0.0769. The number of pyridine rings is 1. The van der Waals surface area contributed by atoms with Gasteiger partial charge in [-0.3, -0.25) is 4.79 Å². The zero-order valence-corrected chi connectivity index (χ0v) is 13.5. The van der Waals surface area contributed by atoms with Crippen molar-refractivity contribution in [2.45, 2.75) is 6.92 Å². The van der Waals surface area contributed by atoms with E-state index in [0.29, 0.717) is 16.4 Å². The van der Waals surface area contributed by atoms with Crippen LogP contribution in [0.4, 0.5) is 5.69 Å². The van der Waals surface area contributed by atoms with Crippen LogP contribution >= 0.6 is 45.8 Å². The number of nitrogens with one attached hydrogen (secondary N) is 1. The first-order valence-corrected chi connectivity index (χ1v) is 7.20. The average molecular weight is 407 g/mol. The predicted molar refractivity (Wildman–Crippen MR) is 86.1 cm³/mol. The molecule has 0 aliphatic carbocycles. The molecule has 0 saturated carbocycles. The summed E-state index contributed by atoms with van der Waals surface area (Å²) in [5.74, 6) is -0.231. The Bertz CT molecular complexity index is 606. The Hall–Kier alpha value is -0.850. The molecule has 98 valence electrons. The molecule has 6 heteroatoms.